The van der Waals surface area contributed by atoms with Crippen molar-refractivity contribution < 1.29 is 9.31 Å². The molecule has 19 heavy (non-hydrogen) atoms. The minimum Gasteiger partial charge on any atom is -0.311 e. The van der Waals surface area contributed by atoms with Crippen LogP contribution in [0.3, 0.4) is 0 Å². The van der Waals surface area contributed by atoms with Crippen molar-refractivity contribution in [3.05, 3.63) is 39.7 Å². The number of nitrogens with one attached hydrogen (secondary N) is 1. The molecule has 0 amide bonds. The Morgan fingerprint density at radius 3 is 3.00 bits per heavy atom. The van der Waals surface area contributed by atoms with Crippen LogP contribution in [0.2, 0.25) is 0 Å². The Morgan fingerprint density at radius 2 is 2.37 bits per heavy atom. The van der Waals surface area contributed by atoms with E-state index in [-0.39, 0.29) is 4.75 Å². The molecule has 1 aliphatic rings. The van der Waals surface area contributed by atoms with Gasteiger partial charge in [0.2, 0.25) is 5.82 Å². The number of benzene rings is 1. The second-order valence-corrected chi connectivity index (χ2v) is 6.70. The minimum atomic E-state index is -0.732. The summed E-state index contributed by atoms with van der Waals surface area (Å²) in [5.41, 5.74) is -0.110. The van der Waals surface area contributed by atoms with Gasteiger partial charge in [-0.25, -0.2) is 0 Å². The first-order valence-electron chi connectivity index (χ1n) is 6.28. The molecule has 1 N–H and O–H groups in total. The molecule has 4 nitrogen and oxygen atoms in total. The maximum Gasteiger partial charge on any atom is 0.305 e. The monoisotopic (exact) mass is 284 g/mol. The van der Waals surface area contributed by atoms with E-state index in [0.717, 1.165) is 13.0 Å². The van der Waals surface area contributed by atoms with E-state index >= 15 is 0 Å². The van der Waals surface area contributed by atoms with Gasteiger partial charge in [-0.15, -0.1) is 0 Å². The highest BCUT2D eigenvalue weighted by molar-refractivity contribution is 8.00. The molecule has 1 saturated heterocycles. The smallest absolute Gasteiger partial charge is 0.305 e. The van der Waals surface area contributed by atoms with Crippen LogP contribution in [0.4, 0.5) is 10.1 Å². The molecule has 1 atom stereocenters. The van der Waals surface area contributed by atoms with E-state index in [9.17, 15) is 14.5 Å². The summed E-state index contributed by atoms with van der Waals surface area (Å²) in [5, 5.41) is 13.9. The third kappa shape index (κ3) is 3.45. The quantitative estimate of drug-likeness (QED) is 0.667. The van der Waals surface area contributed by atoms with Gasteiger partial charge in [0.15, 0.2) is 0 Å². The van der Waals surface area contributed by atoms with Gasteiger partial charge in [0.25, 0.3) is 0 Å². The zero-order valence-corrected chi connectivity index (χ0v) is 11.6. The molecule has 0 radical (unpaired) electrons. The third-order valence-corrected chi connectivity index (χ3v) is 4.91. The SMILES string of the molecule is CC1(CNCc2cccc([N+](=O)[O-])c2F)CCCS1. The lowest BCUT2D eigenvalue weighted by atomic mass is 10.1. The van der Waals surface area contributed by atoms with Crippen molar-refractivity contribution in [2.45, 2.75) is 31.1 Å². The van der Waals surface area contributed by atoms with Crippen molar-refractivity contribution in [2.24, 2.45) is 0 Å². The summed E-state index contributed by atoms with van der Waals surface area (Å²) in [5.74, 6) is 0.438. The third-order valence-electron chi connectivity index (χ3n) is 3.37. The largest absolute Gasteiger partial charge is 0.311 e. The summed E-state index contributed by atoms with van der Waals surface area (Å²) in [6.07, 6.45) is 2.37. The average Bonchev–Trinajstić information content (AvgIpc) is 2.78. The number of thioether (sulfide) groups is 1. The highest BCUT2D eigenvalue weighted by Gasteiger charge is 2.29. The summed E-state index contributed by atoms with van der Waals surface area (Å²) in [4.78, 5) is 9.96. The van der Waals surface area contributed by atoms with Crippen molar-refractivity contribution in [3.8, 4) is 0 Å². The molecule has 1 aromatic rings. The first kappa shape index (κ1) is 14.3. The summed E-state index contributed by atoms with van der Waals surface area (Å²) >= 11 is 1.93. The molecule has 1 aliphatic heterocycles. The Balaban J connectivity index is 1.96. The fourth-order valence-electron chi connectivity index (χ4n) is 2.28. The van der Waals surface area contributed by atoms with Crippen LogP contribution in [0.15, 0.2) is 18.2 Å². The van der Waals surface area contributed by atoms with E-state index in [1.807, 2.05) is 11.8 Å². The van der Waals surface area contributed by atoms with Crippen LogP contribution in [0, 0.1) is 15.9 Å². The lowest BCUT2D eigenvalue weighted by molar-refractivity contribution is -0.387. The number of nitrogens with zero attached hydrogens (tertiary/aromatic N) is 1. The van der Waals surface area contributed by atoms with Gasteiger partial charge in [0.1, 0.15) is 0 Å². The second kappa shape index (κ2) is 5.88. The van der Waals surface area contributed by atoms with Gasteiger partial charge in [-0.1, -0.05) is 12.1 Å². The van der Waals surface area contributed by atoms with Crippen LogP contribution in [0.1, 0.15) is 25.3 Å². The van der Waals surface area contributed by atoms with Crippen molar-refractivity contribution >= 4 is 17.4 Å². The molecular weight excluding hydrogens is 267 g/mol. The van der Waals surface area contributed by atoms with Crippen LogP contribution >= 0.6 is 11.8 Å². The molecule has 1 aromatic carbocycles. The molecular formula is C13H17FN2O2S. The van der Waals surface area contributed by atoms with Crippen molar-refractivity contribution in [1.29, 1.82) is 0 Å². The second-order valence-electron chi connectivity index (χ2n) is 5.01. The van der Waals surface area contributed by atoms with E-state index in [2.05, 4.69) is 12.2 Å². The Bertz CT molecular complexity index is 476. The van der Waals surface area contributed by atoms with E-state index in [4.69, 9.17) is 0 Å². The van der Waals surface area contributed by atoms with Crippen LogP contribution in [-0.2, 0) is 6.54 Å². The van der Waals surface area contributed by atoms with Gasteiger partial charge in [-0.05, 0) is 25.5 Å². The number of halogens is 1. The first-order valence-corrected chi connectivity index (χ1v) is 7.27. The maximum atomic E-state index is 13.8. The Hall–Kier alpha value is -1.14. The Kier molecular flexibility index (Phi) is 4.42. The Labute approximate surface area is 115 Å². The summed E-state index contributed by atoms with van der Waals surface area (Å²) in [6, 6.07) is 4.29. The number of nitro benzene ring substituents is 1. The molecule has 104 valence electrons. The molecule has 0 bridgehead atoms. The van der Waals surface area contributed by atoms with Gasteiger partial charge in [-0.3, -0.25) is 10.1 Å². The number of hydrogen-bond donors (Lipinski definition) is 1. The van der Waals surface area contributed by atoms with Crippen molar-refractivity contribution in [2.75, 3.05) is 12.3 Å². The molecule has 0 aromatic heterocycles. The van der Waals surface area contributed by atoms with E-state index in [0.29, 0.717) is 12.1 Å². The molecule has 2 rings (SSSR count). The van der Waals surface area contributed by atoms with Crippen LogP contribution in [0.25, 0.3) is 0 Å². The summed E-state index contributed by atoms with van der Waals surface area (Å²) in [7, 11) is 0. The summed E-state index contributed by atoms with van der Waals surface area (Å²) in [6.45, 7) is 3.31. The first-order chi connectivity index (χ1) is 9.02. The maximum absolute atomic E-state index is 13.8. The topological polar surface area (TPSA) is 55.2 Å². The van der Waals surface area contributed by atoms with Crippen molar-refractivity contribution in [1.82, 2.24) is 5.32 Å². The number of nitro groups is 1. The molecule has 1 fully saturated rings. The number of rotatable bonds is 5. The molecule has 0 saturated carbocycles. The predicted molar refractivity (Wildman–Crippen MR) is 74.9 cm³/mol. The normalized spacial score (nSPS) is 22.6. The Morgan fingerprint density at radius 1 is 1.58 bits per heavy atom. The van der Waals surface area contributed by atoms with Crippen molar-refractivity contribution in [3.63, 3.8) is 0 Å². The van der Waals surface area contributed by atoms with E-state index < -0.39 is 16.4 Å². The molecule has 0 aliphatic carbocycles. The summed E-state index contributed by atoms with van der Waals surface area (Å²) < 4.78 is 14.0. The molecule has 0 spiro atoms. The molecule has 6 heteroatoms. The lowest BCUT2D eigenvalue weighted by Gasteiger charge is -2.23. The predicted octanol–water partition coefficient (Wildman–Crippen LogP) is 3.11. The van der Waals surface area contributed by atoms with Gasteiger partial charge >= 0.3 is 5.69 Å². The zero-order chi connectivity index (χ0) is 13.9. The van der Waals surface area contributed by atoms with Crippen LogP contribution < -0.4 is 5.32 Å². The molecule has 1 unspecified atom stereocenters. The number of hydrogen-bond acceptors (Lipinski definition) is 4. The zero-order valence-electron chi connectivity index (χ0n) is 10.8. The standard InChI is InChI=1S/C13H17FN2O2S/c1-13(6-3-7-19-13)9-15-8-10-4-2-5-11(12(10)14)16(17)18/h2,4-5,15H,3,6-9H2,1H3. The fourth-order valence-corrected chi connectivity index (χ4v) is 3.56. The highest BCUT2D eigenvalue weighted by Crippen LogP contribution is 2.37. The fraction of sp³-hybridized carbons (Fsp3) is 0.538. The van der Waals surface area contributed by atoms with E-state index in [1.54, 1.807) is 6.07 Å². The van der Waals surface area contributed by atoms with Gasteiger partial charge in [-0.2, -0.15) is 16.2 Å². The minimum absolute atomic E-state index is 0.206. The van der Waals surface area contributed by atoms with Gasteiger partial charge in [0, 0.05) is 29.5 Å². The van der Waals surface area contributed by atoms with Crippen LogP contribution in [-0.4, -0.2) is 22.0 Å². The lowest BCUT2D eigenvalue weighted by Crippen LogP contribution is -2.32. The average molecular weight is 284 g/mol. The molecule has 1 heterocycles. The van der Waals surface area contributed by atoms with E-state index in [1.165, 1.54) is 24.3 Å². The highest BCUT2D eigenvalue weighted by atomic mass is 32.2. The van der Waals surface area contributed by atoms with Gasteiger partial charge in [0.05, 0.1) is 4.92 Å². The van der Waals surface area contributed by atoms with Crippen LogP contribution in [0.5, 0.6) is 0 Å². The van der Waals surface area contributed by atoms with Gasteiger partial charge < -0.3 is 5.32 Å².